The van der Waals surface area contributed by atoms with Crippen molar-refractivity contribution < 1.29 is 0 Å². The van der Waals surface area contributed by atoms with Crippen molar-refractivity contribution in [2.45, 2.75) is 46.1 Å². The van der Waals surface area contributed by atoms with Gasteiger partial charge in [-0.05, 0) is 37.5 Å². The third-order valence-electron chi connectivity index (χ3n) is 3.14. The smallest absolute Gasteiger partial charge is 0.183 e. The molecule has 0 aliphatic rings. The summed E-state index contributed by atoms with van der Waals surface area (Å²) in [6.45, 7) is 6.77. The van der Waals surface area contributed by atoms with Crippen LogP contribution < -0.4 is 5.32 Å². The third kappa shape index (κ3) is 4.36. The summed E-state index contributed by atoms with van der Waals surface area (Å²) in [7, 11) is 0. The predicted octanol–water partition coefficient (Wildman–Crippen LogP) is 5.58. The van der Waals surface area contributed by atoms with Crippen LogP contribution in [0.1, 0.15) is 40.0 Å². The van der Waals surface area contributed by atoms with Crippen molar-refractivity contribution in [1.82, 2.24) is 4.98 Å². The van der Waals surface area contributed by atoms with Crippen LogP contribution in [0, 0.1) is 5.92 Å². The molecular formula is C15H21ClN2S. The fraction of sp³-hybridized carbons (Fsp3) is 0.533. The molecule has 104 valence electrons. The molecule has 1 unspecified atom stereocenters. The lowest BCUT2D eigenvalue weighted by Crippen LogP contribution is -2.14. The molecule has 1 heterocycles. The normalized spacial score (nSPS) is 13.1. The molecule has 2 rings (SSSR count). The monoisotopic (exact) mass is 296 g/mol. The second-order valence-corrected chi connectivity index (χ2v) is 6.97. The largest absolute Gasteiger partial charge is 0.359 e. The maximum Gasteiger partial charge on any atom is 0.183 e. The summed E-state index contributed by atoms with van der Waals surface area (Å²) >= 11 is 7.66. The summed E-state index contributed by atoms with van der Waals surface area (Å²) < 4.78 is 1.14. The Balaban J connectivity index is 1.93. The van der Waals surface area contributed by atoms with E-state index in [1.807, 2.05) is 18.2 Å². The van der Waals surface area contributed by atoms with E-state index in [9.17, 15) is 0 Å². The lowest BCUT2D eigenvalue weighted by molar-refractivity contribution is 0.520. The Bertz CT molecular complexity index is 536. The highest BCUT2D eigenvalue weighted by Gasteiger charge is 2.08. The van der Waals surface area contributed by atoms with E-state index in [0.29, 0.717) is 6.04 Å². The van der Waals surface area contributed by atoms with E-state index in [0.717, 1.165) is 26.3 Å². The number of benzene rings is 1. The molecule has 0 aliphatic heterocycles. The van der Waals surface area contributed by atoms with Gasteiger partial charge >= 0.3 is 0 Å². The first kappa shape index (κ1) is 14.6. The van der Waals surface area contributed by atoms with E-state index in [4.69, 9.17) is 11.6 Å². The molecular weight excluding hydrogens is 276 g/mol. The molecule has 0 fully saturated rings. The summed E-state index contributed by atoms with van der Waals surface area (Å²) in [5, 5.41) is 5.25. The molecule has 0 aliphatic carbocycles. The molecule has 0 saturated heterocycles. The standard InChI is InChI=1S/C15H21ClN2S/c1-10(2)5-4-6-11(3)17-15-18-13-8-7-12(16)9-14(13)19-15/h7-11H,4-6H2,1-3H3,(H,17,18). The van der Waals surface area contributed by atoms with Crippen molar-refractivity contribution in [3.63, 3.8) is 0 Å². The fourth-order valence-corrected chi connectivity index (χ4v) is 3.33. The Hall–Kier alpha value is -0.800. The number of rotatable bonds is 6. The van der Waals surface area contributed by atoms with Crippen LogP contribution in [0.2, 0.25) is 5.02 Å². The van der Waals surface area contributed by atoms with Gasteiger partial charge in [-0.25, -0.2) is 4.98 Å². The first-order valence-electron chi connectivity index (χ1n) is 6.87. The highest BCUT2D eigenvalue weighted by Crippen LogP contribution is 2.29. The van der Waals surface area contributed by atoms with Gasteiger partial charge in [0.2, 0.25) is 0 Å². The number of nitrogens with zero attached hydrogens (tertiary/aromatic N) is 1. The molecule has 2 aromatic rings. The molecule has 0 bridgehead atoms. The molecule has 19 heavy (non-hydrogen) atoms. The molecule has 0 saturated carbocycles. The van der Waals surface area contributed by atoms with Gasteiger partial charge in [0.15, 0.2) is 5.13 Å². The van der Waals surface area contributed by atoms with Crippen molar-refractivity contribution >= 4 is 38.3 Å². The van der Waals surface area contributed by atoms with E-state index in [-0.39, 0.29) is 0 Å². The van der Waals surface area contributed by atoms with Crippen LogP contribution in [0.25, 0.3) is 10.2 Å². The quantitative estimate of drug-likeness (QED) is 0.753. The van der Waals surface area contributed by atoms with E-state index in [1.165, 1.54) is 19.3 Å². The van der Waals surface area contributed by atoms with Crippen molar-refractivity contribution in [3.05, 3.63) is 23.2 Å². The predicted molar refractivity (Wildman–Crippen MR) is 86.4 cm³/mol. The lowest BCUT2D eigenvalue weighted by Gasteiger charge is -2.13. The first-order valence-corrected chi connectivity index (χ1v) is 8.06. The average molecular weight is 297 g/mol. The van der Waals surface area contributed by atoms with Crippen molar-refractivity contribution in [2.75, 3.05) is 5.32 Å². The number of anilines is 1. The average Bonchev–Trinajstić information content (AvgIpc) is 2.69. The second-order valence-electron chi connectivity index (χ2n) is 5.50. The Morgan fingerprint density at radius 1 is 1.26 bits per heavy atom. The lowest BCUT2D eigenvalue weighted by atomic mass is 10.0. The number of nitrogens with one attached hydrogen (secondary N) is 1. The summed E-state index contributed by atoms with van der Waals surface area (Å²) in [6.07, 6.45) is 3.75. The van der Waals surface area contributed by atoms with E-state index in [2.05, 4.69) is 31.1 Å². The zero-order chi connectivity index (χ0) is 13.8. The number of halogens is 1. The molecule has 1 atom stereocenters. The molecule has 4 heteroatoms. The van der Waals surface area contributed by atoms with Gasteiger partial charge in [-0.15, -0.1) is 0 Å². The van der Waals surface area contributed by atoms with Gasteiger partial charge in [-0.1, -0.05) is 49.6 Å². The maximum atomic E-state index is 5.99. The van der Waals surface area contributed by atoms with Gasteiger partial charge in [0.25, 0.3) is 0 Å². The van der Waals surface area contributed by atoms with Gasteiger partial charge in [0, 0.05) is 11.1 Å². The molecule has 1 aromatic carbocycles. The van der Waals surface area contributed by atoms with Gasteiger partial charge in [-0.3, -0.25) is 0 Å². The van der Waals surface area contributed by atoms with Gasteiger partial charge in [0.05, 0.1) is 10.2 Å². The van der Waals surface area contributed by atoms with Crippen LogP contribution in [0.15, 0.2) is 18.2 Å². The summed E-state index contributed by atoms with van der Waals surface area (Å²) in [5.74, 6) is 0.789. The first-order chi connectivity index (χ1) is 9.04. The molecule has 1 N–H and O–H groups in total. The summed E-state index contributed by atoms with van der Waals surface area (Å²) in [5.41, 5.74) is 1.02. The van der Waals surface area contributed by atoms with Crippen LogP contribution in [-0.4, -0.2) is 11.0 Å². The van der Waals surface area contributed by atoms with Crippen LogP contribution in [-0.2, 0) is 0 Å². The van der Waals surface area contributed by atoms with Crippen molar-refractivity contribution in [3.8, 4) is 0 Å². The summed E-state index contributed by atoms with van der Waals surface area (Å²) in [4.78, 5) is 4.59. The minimum absolute atomic E-state index is 0.467. The number of hydrogen-bond acceptors (Lipinski definition) is 3. The number of hydrogen-bond donors (Lipinski definition) is 1. The molecule has 0 amide bonds. The van der Waals surface area contributed by atoms with Gasteiger partial charge < -0.3 is 5.32 Å². The van der Waals surface area contributed by atoms with Crippen LogP contribution in [0.5, 0.6) is 0 Å². The van der Waals surface area contributed by atoms with Crippen molar-refractivity contribution in [2.24, 2.45) is 5.92 Å². The molecule has 0 radical (unpaired) electrons. The molecule has 1 aromatic heterocycles. The second kappa shape index (κ2) is 6.58. The maximum absolute atomic E-state index is 5.99. The Labute approximate surface area is 124 Å². The van der Waals surface area contributed by atoms with Gasteiger partial charge in [-0.2, -0.15) is 0 Å². The van der Waals surface area contributed by atoms with Gasteiger partial charge in [0.1, 0.15) is 0 Å². The topological polar surface area (TPSA) is 24.9 Å². The van der Waals surface area contributed by atoms with E-state index < -0.39 is 0 Å². The highest BCUT2D eigenvalue weighted by molar-refractivity contribution is 7.22. The Kier molecular flexibility index (Phi) is 5.06. The van der Waals surface area contributed by atoms with Crippen LogP contribution >= 0.6 is 22.9 Å². The van der Waals surface area contributed by atoms with Crippen molar-refractivity contribution in [1.29, 1.82) is 0 Å². The SMILES string of the molecule is CC(C)CCCC(C)Nc1nc2ccc(Cl)cc2s1. The van der Waals surface area contributed by atoms with E-state index >= 15 is 0 Å². The molecule has 0 spiro atoms. The number of thiazole rings is 1. The number of aromatic nitrogens is 1. The Morgan fingerprint density at radius 2 is 2.05 bits per heavy atom. The minimum Gasteiger partial charge on any atom is -0.359 e. The summed E-state index contributed by atoms with van der Waals surface area (Å²) in [6, 6.07) is 6.31. The third-order valence-corrected chi connectivity index (χ3v) is 4.32. The number of fused-ring (bicyclic) bond motifs is 1. The zero-order valence-corrected chi connectivity index (χ0v) is 13.3. The van der Waals surface area contributed by atoms with Crippen LogP contribution in [0.4, 0.5) is 5.13 Å². The Morgan fingerprint density at radius 3 is 2.79 bits per heavy atom. The van der Waals surface area contributed by atoms with E-state index in [1.54, 1.807) is 11.3 Å². The van der Waals surface area contributed by atoms with Crippen LogP contribution in [0.3, 0.4) is 0 Å². The minimum atomic E-state index is 0.467. The zero-order valence-electron chi connectivity index (χ0n) is 11.7. The molecule has 2 nitrogen and oxygen atoms in total. The highest BCUT2D eigenvalue weighted by atomic mass is 35.5. The fourth-order valence-electron chi connectivity index (χ4n) is 2.08.